The molecule has 2 aromatic carbocycles. The molecule has 0 spiro atoms. The number of carbonyl (C=O) groups is 1. The second-order valence-electron chi connectivity index (χ2n) is 6.20. The van der Waals surface area contributed by atoms with E-state index in [4.69, 9.17) is 11.6 Å². The summed E-state index contributed by atoms with van der Waals surface area (Å²) in [6, 6.07) is 11.2. The van der Waals surface area contributed by atoms with Crippen LogP contribution in [-0.4, -0.2) is 27.0 Å². The second kappa shape index (κ2) is 8.08. The van der Waals surface area contributed by atoms with Gasteiger partial charge in [-0.3, -0.25) is 9.69 Å². The molecule has 0 fully saturated rings. The van der Waals surface area contributed by atoms with E-state index in [0.717, 1.165) is 4.70 Å². The third-order valence-electron chi connectivity index (χ3n) is 4.26. The van der Waals surface area contributed by atoms with E-state index in [-0.39, 0.29) is 11.5 Å². The Kier molecular flexibility index (Phi) is 5.36. The molecule has 4 rings (SSSR count). The zero-order valence-electron chi connectivity index (χ0n) is 14.8. The number of halogens is 2. The number of carbonyl (C=O) groups excluding carboxylic acids is 1. The first kappa shape index (κ1) is 18.6. The lowest BCUT2D eigenvalue weighted by atomic mass is 10.2. The summed E-state index contributed by atoms with van der Waals surface area (Å²) in [4.78, 5) is 23.3. The lowest BCUT2D eigenvalue weighted by molar-refractivity contribution is 0.0986. The molecular weight excluding hydrogens is 399 g/mol. The maximum absolute atomic E-state index is 13.6. The number of fused-ring (bicyclic) bond motifs is 1. The van der Waals surface area contributed by atoms with Gasteiger partial charge in [0.05, 0.1) is 16.0 Å². The quantitative estimate of drug-likeness (QED) is 0.445. The van der Waals surface area contributed by atoms with Gasteiger partial charge in [-0.05, 0) is 36.8 Å². The van der Waals surface area contributed by atoms with Gasteiger partial charge >= 0.3 is 0 Å². The number of hydrogen-bond acceptors (Lipinski definition) is 4. The molecule has 4 aromatic rings. The number of anilines is 1. The molecule has 0 saturated carbocycles. The maximum atomic E-state index is 13.6. The fourth-order valence-corrected chi connectivity index (χ4v) is 4.20. The van der Waals surface area contributed by atoms with E-state index >= 15 is 0 Å². The van der Waals surface area contributed by atoms with Crippen LogP contribution in [0.1, 0.15) is 16.8 Å². The molecule has 28 heavy (non-hydrogen) atoms. The van der Waals surface area contributed by atoms with Crippen molar-refractivity contribution < 1.29 is 9.18 Å². The summed E-state index contributed by atoms with van der Waals surface area (Å²) in [6.07, 6.45) is 6.01. The molecule has 0 aliphatic carbocycles. The van der Waals surface area contributed by atoms with Crippen molar-refractivity contribution in [1.82, 2.24) is 14.5 Å². The minimum Gasteiger partial charge on any atom is -0.337 e. The van der Waals surface area contributed by atoms with Crippen molar-refractivity contribution in [3.8, 4) is 0 Å². The number of thiazole rings is 1. The number of rotatable bonds is 6. The number of aromatic nitrogens is 3. The van der Waals surface area contributed by atoms with E-state index in [0.29, 0.717) is 35.2 Å². The van der Waals surface area contributed by atoms with Crippen LogP contribution >= 0.6 is 22.9 Å². The molecule has 0 radical (unpaired) electrons. The van der Waals surface area contributed by atoms with Crippen LogP contribution in [0.15, 0.2) is 61.2 Å². The fraction of sp³-hybridized carbons (Fsp3) is 0.150. The highest BCUT2D eigenvalue weighted by atomic mass is 35.5. The van der Waals surface area contributed by atoms with Crippen molar-refractivity contribution in [1.29, 1.82) is 0 Å². The van der Waals surface area contributed by atoms with Crippen molar-refractivity contribution in [2.24, 2.45) is 0 Å². The Bertz CT molecular complexity index is 1110. The van der Waals surface area contributed by atoms with Crippen LogP contribution in [0.2, 0.25) is 5.02 Å². The summed E-state index contributed by atoms with van der Waals surface area (Å²) in [5.74, 6) is -0.739. The number of benzene rings is 2. The summed E-state index contributed by atoms with van der Waals surface area (Å²) in [5.41, 5.74) is 0.948. The van der Waals surface area contributed by atoms with Crippen LogP contribution in [0.5, 0.6) is 0 Å². The Labute approximate surface area is 170 Å². The lowest BCUT2D eigenvalue weighted by Crippen LogP contribution is -2.32. The van der Waals surface area contributed by atoms with Gasteiger partial charge in [0, 0.05) is 31.0 Å². The number of hydrogen-bond donors (Lipinski definition) is 0. The molecule has 0 saturated heterocycles. The van der Waals surface area contributed by atoms with Gasteiger partial charge in [0.1, 0.15) is 11.3 Å². The summed E-state index contributed by atoms with van der Waals surface area (Å²) in [5, 5.41) is 1.08. The predicted molar refractivity (Wildman–Crippen MR) is 110 cm³/mol. The molecule has 2 heterocycles. The third-order valence-corrected chi connectivity index (χ3v) is 5.61. The first-order valence-electron chi connectivity index (χ1n) is 8.70. The van der Waals surface area contributed by atoms with Gasteiger partial charge in [0.15, 0.2) is 5.13 Å². The van der Waals surface area contributed by atoms with E-state index in [1.54, 1.807) is 29.6 Å². The monoisotopic (exact) mass is 414 g/mol. The Morgan fingerprint density at radius 3 is 2.86 bits per heavy atom. The van der Waals surface area contributed by atoms with Crippen LogP contribution in [0, 0.1) is 5.82 Å². The highest BCUT2D eigenvalue weighted by molar-refractivity contribution is 7.22. The van der Waals surface area contributed by atoms with Crippen LogP contribution in [0.4, 0.5) is 9.52 Å². The van der Waals surface area contributed by atoms with Gasteiger partial charge in [0.25, 0.3) is 5.91 Å². The average molecular weight is 415 g/mol. The highest BCUT2D eigenvalue weighted by Gasteiger charge is 2.22. The maximum Gasteiger partial charge on any atom is 0.260 e. The molecule has 0 aliphatic heterocycles. The van der Waals surface area contributed by atoms with Crippen molar-refractivity contribution >= 4 is 44.2 Å². The fourth-order valence-electron chi connectivity index (χ4n) is 2.91. The van der Waals surface area contributed by atoms with Crippen LogP contribution in [0.25, 0.3) is 10.2 Å². The number of imidazole rings is 1. The van der Waals surface area contributed by atoms with E-state index in [1.165, 1.54) is 29.5 Å². The average Bonchev–Trinajstić information content (AvgIpc) is 3.35. The zero-order chi connectivity index (χ0) is 19.5. The molecule has 2 aromatic heterocycles. The van der Waals surface area contributed by atoms with E-state index in [2.05, 4.69) is 9.97 Å². The normalized spacial score (nSPS) is 11.1. The number of amides is 1. The molecular formula is C20H16ClFN4OS. The smallest absolute Gasteiger partial charge is 0.260 e. The molecule has 5 nitrogen and oxygen atoms in total. The topological polar surface area (TPSA) is 51.0 Å². The van der Waals surface area contributed by atoms with Crippen LogP contribution in [0.3, 0.4) is 0 Å². The molecule has 0 unspecified atom stereocenters. The first-order valence-corrected chi connectivity index (χ1v) is 9.89. The molecule has 0 bridgehead atoms. The summed E-state index contributed by atoms with van der Waals surface area (Å²) < 4.78 is 16.5. The number of para-hydroxylation sites is 1. The van der Waals surface area contributed by atoms with Gasteiger partial charge in [-0.25, -0.2) is 14.4 Å². The lowest BCUT2D eigenvalue weighted by Gasteiger charge is -2.20. The molecule has 8 heteroatoms. The van der Waals surface area contributed by atoms with Crippen LogP contribution < -0.4 is 4.90 Å². The molecule has 1 amide bonds. The standard InChI is InChI=1S/C20H16ClFN4OS/c21-16-6-2-7-17-18(16)24-20(28-17)26(10-3-9-25-11-8-23-13-25)19(27)14-4-1-5-15(22)12-14/h1-2,4-8,11-13H,3,9-10H2. The number of aryl methyl sites for hydroxylation is 1. The van der Waals surface area contributed by atoms with Gasteiger partial charge in [-0.2, -0.15) is 0 Å². The third kappa shape index (κ3) is 3.90. The summed E-state index contributed by atoms with van der Waals surface area (Å²) >= 11 is 7.64. The van der Waals surface area contributed by atoms with Crippen LogP contribution in [-0.2, 0) is 6.54 Å². The molecule has 0 N–H and O–H groups in total. The zero-order valence-corrected chi connectivity index (χ0v) is 16.3. The molecule has 0 atom stereocenters. The van der Waals surface area contributed by atoms with Crippen molar-refractivity contribution in [2.75, 3.05) is 11.4 Å². The first-order chi connectivity index (χ1) is 13.6. The van der Waals surface area contributed by atoms with E-state index in [1.807, 2.05) is 22.9 Å². The Morgan fingerprint density at radius 1 is 1.25 bits per heavy atom. The Hall–Kier alpha value is -2.77. The molecule has 0 aliphatic rings. The minimum atomic E-state index is -0.448. The number of nitrogens with zero attached hydrogens (tertiary/aromatic N) is 4. The van der Waals surface area contributed by atoms with E-state index in [9.17, 15) is 9.18 Å². The molecule has 142 valence electrons. The highest BCUT2D eigenvalue weighted by Crippen LogP contribution is 2.33. The largest absolute Gasteiger partial charge is 0.337 e. The van der Waals surface area contributed by atoms with Gasteiger partial charge in [-0.15, -0.1) is 0 Å². The Morgan fingerprint density at radius 2 is 2.11 bits per heavy atom. The summed E-state index contributed by atoms with van der Waals surface area (Å²) in [6.45, 7) is 1.14. The van der Waals surface area contributed by atoms with Crippen molar-refractivity contribution in [2.45, 2.75) is 13.0 Å². The van der Waals surface area contributed by atoms with Crippen molar-refractivity contribution in [3.63, 3.8) is 0 Å². The predicted octanol–water partition coefficient (Wildman–Crippen LogP) is 5.02. The SMILES string of the molecule is O=C(c1cccc(F)c1)N(CCCn1ccnc1)c1nc2c(Cl)cccc2s1. The van der Waals surface area contributed by atoms with Crippen molar-refractivity contribution in [3.05, 3.63) is 77.6 Å². The van der Waals surface area contributed by atoms with Gasteiger partial charge in [-0.1, -0.05) is 35.1 Å². The second-order valence-corrected chi connectivity index (χ2v) is 7.62. The van der Waals surface area contributed by atoms with Gasteiger partial charge < -0.3 is 4.57 Å². The minimum absolute atomic E-state index is 0.285. The van der Waals surface area contributed by atoms with Gasteiger partial charge in [0.2, 0.25) is 0 Å². The van der Waals surface area contributed by atoms with E-state index < -0.39 is 5.82 Å². The Balaban J connectivity index is 1.65. The summed E-state index contributed by atoms with van der Waals surface area (Å²) in [7, 11) is 0.